The van der Waals surface area contributed by atoms with E-state index in [1.54, 1.807) is 0 Å². The van der Waals surface area contributed by atoms with Crippen LogP contribution in [0.15, 0.2) is 90.0 Å². The topological polar surface area (TPSA) is 56.7 Å². The minimum absolute atomic E-state index is 0.873. The highest BCUT2D eigenvalue weighted by Crippen LogP contribution is 2.44. The smallest absolute Gasteiger partial charge is 0.145 e. The maximum Gasteiger partial charge on any atom is 0.145 e. The van der Waals surface area contributed by atoms with Crippen molar-refractivity contribution in [2.75, 3.05) is 0 Å². The summed E-state index contributed by atoms with van der Waals surface area (Å²) in [6.07, 6.45) is 9.20. The minimum Gasteiger partial charge on any atom is -0.455 e. The first-order valence-electron chi connectivity index (χ1n) is 9.78. The first-order chi connectivity index (χ1) is 14.9. The number of furan rings is 1. The van der Waals surface area contributed by atoms with Gasteiger partial charge in [-0.25, -0.2) is 4.98 Å². The summed E-state index contributed by atoms with van der Waals surface area (Å²) in [5, 5.41) is 6.53. The Labute approximate surface area is 170 Å². The van der Waals surface area contributed by atoms with Gasteiger partial charge in [-0.1, -0.05) is 18.2 Å². The molecular formula is C25H14N4O. The Balaban J connectivity index is 1.91. The lowest BCUT2D eigenvalue weighted by Crippen LogP contribution is -1.95. The van der Waals surface area contributed by atoms with Crippen molar-refractivity contribution in [3.63, 3.8) is 0 Å². The molecule has 0 aliphatic carbocycles. The number of pyridine rings is 3. The predicted molar refractivity (Wildman–Crippen MR) is 119 cm³/mol. The van der Waals surface area contributed by atoms with Gasteiger partial charge in [0.05, 0.1) is 16.6 Å². The van der Waals surface area contributed by atoms with Crippen LogP contribution in [0.5, 0.6) is 0 Å². The van der Waals surface area contributed by atoms with Gasteiger partial charge in [0.2, 0.25) is 0 Å². The van der Waals surface area contributed by atoms with Crippen LogP contribution in [0.4, 0.5) is 0 Å². The molecule has 0 unspecified atom stereocenters. The molecule has 5 aromatic heterocycles. The van der Waals surface area contributed by atoms with E-state index in [2.05, 4.69) is 32.7 Å². The van der Waals surface area contributed by atoms with Crippen LogP contribution in [0.1, 0.15) is 0 Å². The molecule has 2 aromatic carbocycles. The Kier molecular flexibility index (Phi) is 2.94. The van der Waals surface area contributed by atoms with Crippen LogP contribution in [-0.4, -0.2) is 19.5 Å². The zero-order chi connectivity index (χ0) is 19.7. The summed E-state index contributed by atoms with van der Waals surface area (Å²) in [6, 6.07) is 18.4. The summed E-state index contributed by atoms with van der Waals surface area (Å²) in [5.74, 6) is 0. The number of nitrogens with zero attached hydrogens (tertiary/aromatic N) is 4. The van der Waals surface area contributed by atoms with Gasteiger partial charge in [-0.05, 0) is 36.4 Å². The molecule has 0 bridgehead atoms. The Morgan fingerprint density at radius 1 is 0.667 bits per heavy atom. The van der Waals surface area contributed by atoms with Crippen LogP contribution in [0, 0.1) is 0 Å². The van der Waals surface area contributed by atoms with Crippen LogP contribution >= 0.6 is 0 Å². The SMILES string of the molecule is c1ccc2c(c1)oc1c3ccncc3c3c4cccnc4n(-c4ccncc4)c3c21. The van der Waals surface area contributed by atoms with E-state index >= 15 is 0 Å². The monoisotopic (exact) mass is 386 g/mol. The molecule has 0 fully saturated rings. The molecule has 0 radical (unpaired) electrons. The number of aromatic nitrogens is 4. The highest BCUT2D eigenvalue weighted by atomic mass is 16.3. The molecule has 0 aliphatic heterocycles. The molecule has 0 aliphatic rings. The van der Waals surface area contributed by atoms with E-state index in [1.807, 2.05) is 67.4 Å². The molecular weight excluding hydrogens is 372 g/mol. The number of benzene rings is 2. The highest BCUT2D eigenvalue weighted by Gasteiger charge is 2.23. The van der Waals surface area contributed by atoms with Gasteiger partial charge >= 0.3 is 0 Å². The van der Waals surface area contributed by atoms with Crippen molar-refractivity contribution in [1.82, 2.24) is 19.5 Å². The lowest BCUT2D eigenvalue weighted by atomic mass is 10.0. The standard InChI is InChI=1S/C25H14N4O/c1-2-6-20-17(4-1)22-23-21(19-14-27-13-9-16(19)24(22)30-20)18-5-3-10-28-25(18)29(23)15-7-11-26-12-8-15/h1-14H. The summed E-state index contributed by atoms with van der Waals surface area (Å²) < 4.78 is 8.60. The first-order valence-corrected chi connectivity index (χ1v) is 9.78. The molecule has 0 spiro atoms. The van der Waals surface area contributed by atoms with Crippen molar-refractivity contribution in [1.29, 1.82) is 0 Å². The molecule has 0 saturated heterocycles. The highest BCUT2D eigenvalue weighted by molar-refractivity contribution is 6.34. The van der Waals surface area contributed by atoms with E-state index in [4.69, 9.17) is 9.40 Å². The molecule has 5 heterocycles. The van der Waals surface area contributed by atoms with E-state index < -0.39 is 0 Å². The molecule has 7 rings (SSSR count). The van der Waals surface area contributed by atoms with E-state index in [-0.39, 0.29) is 0 Å². The molecule has 0 amide bonds. The quantitative estimate of drug-likeness (QED) is 0.346. The van der Waals surface area contributed by atoms with Gasteiger partial charge in [-0.2, -0.15) is 0 Å². The van der Waals surface area contributed by atoms with Crippen molar-refractivity contribution in [2.45, 2.75) is 0 Å². The summed E-state index contributed by atoms with van der Waals surface area (Å²) in [5.41, 5.74) is 4.74. The normalized spacial score (nSPS) is 12.0. The second-order valence-corrected chi connectivity index (χ2v) is 7.36. The van der Waals surface area contributed by atoms with Crippen LogP contribution < -0.4 is 0 Å². The van der Waals surface area contributed by atoms with Gasteiger partial charge in [-0.15, -0.1) is 0 Å². The van der Waals surface area contributed by atoms with Crippen LogP contribution in [-0.2, 0) is 0 Å². The third-order valence-corrected chi connectivity index (χ3v) is 5.82. The van der Waals surface area contributed by atoms with Crippen LogP contribution in [0.2, 0.25) is 0 Å². The summed E-state index contributed by atoms with van der Waals surface area (Å²) in [6.45, 7) is 0. The fourth-order valence-corrected chi connectivity index (χ4v) is 4.63. The average molecular weight is 386 g/mol. The molecule has 30 heavy (non-hydrogen) atoms. The second kappa shape index (κ2) is 5.64. The van der Waals surface area contributed by atoms with Gasteiger partial charge in [0, 0.05) is 57.9 Å². The lowest BCUT2D eigenvalue weighted by molar-refractivity contribution is 0.673. The van der Waals surface area contributed by atoms with Gasteiger partial charge in [-0.3, -0.25) is 14.5 Å². The van der Waals surface area contributed by atoms with Gasteiger partial charge in [0.15, 0.2) is 0 Å². The lowest BCUT2D eigenvalue weighted by Gasteiger charge is -2.08. The molecule has 5 heteroatoms. The Bertz CT molecular complexity index is 1750. The molecule has 7 aromatic rings. The van der Waals surface area contributed by atoms with Gasteiger partial charge in [0.25, 0.3) is 0 Å². The van der Waals surface area contributed by atoms with Gasteiger partial charge < -0.3 is 4.42 Å². The summed E-state index contributed by atoms with van der Waals surface area (Å²) in [4.78, 5) is 13.4. The van der Waals surface area contributed by atoms with Gasteiger partial charge in [0.1, 0.15) is 16.8 Å². The fraction of sp³-hybridized carbons (Fsp3) is 0. The average Bonchev–Trinajstić information content (AvgIpc) is 3.36. The Hall–Kier alpha value is -4.25. The zero-order valence-corrected chi connectivity index (χ0v) is 15.8. The van der Waals surface area contributed by atoms with E-state index in [1.165, 1.54) is 0 Å². The third-order valence-electron chi connectivity index (χ3n) is 5.82. The van der Waals surface area contributed by atoms with E-state index in [9.17, 15) is 0 Å². The van der Waals surface area contributed by atoms with Crippen LogP contribution in [0.3, 0.4) is 0 Å². The molecule has 0 N–H and O–H groups in total. The Morgan fingerprint density at radius 3 is 2.43 bits per heavy atom. The molecule has 0 saturated carbocycles. The van der Waals surface area contributed by atoms with E-state index in [0.717, 1.165) is 60.3 Å². The van der Waals surface area contributed by atoms with Crippen molar-refractivity contribution < 1.29 is 4.42 Å². The molecule has 5 nitrogen and oxygen atoms in total. The summed E-state index contributed by atoms with van der Waals surface area (Å²) in [7, 11) is 0. The second-order valence-electron chi connectivity index (χ2n) is 7.36. The van der Waals surface area contributed by atoms with Crippen molar-refractivity contribution in [2.24, 2.45) is 0 Å². The zero-order valence-electron chi connectivity index (χ0n) is 15.8. The first kappa shape index (κ1) is 15.6. The van der Waals surface area contributed by atoms with E-state index in [0.29, 0.717) is 0 Å². The maximum absolute atomic E-state index is 6.39. The molecule has 0 atom stereocenters. The van der Waals surface area contributed by atoms with Crippen molar-refractivity contribution in [3.8, 4) is 5.69 Å². The number of para-hydroxylation sites is 1. The number of fused-ring (bicyclic) bond motifs is 10. The fourth-order valence-electron chi connectivity index (χ4n) is 4.63. The molecule has 140 valence electrons. The minimum atomic E-state index is 0.873. The summed E-state index contributed by atoms with van der Waals surface area (Å²) >= 11 is 0. The van der Waals surface area contributed by atoms with Crippen molar-refractivity contribution in [3.05, 3.63) is 85.6 Å². The van der Waals surface area contributed by atoms with Crippen LogP contribution in [0.25, 0.3) is 60.3 Å². The third kappa shape index (κ3) is 1.89. The predicted octanol–water partition coefficient (Wildman–Crippen LogP) is 6.02. The Morgan fingerprint density at radius 2 is 1.50 bits per heavy atom. The largest absolute Gasteiger partial charge is 0.455 e. The number of hydrogen-bond donors (Lipinski definition) is 0. The van der Waals surface area contributed by atoms with Crippen molar-refractivity contribution >= 4 is 54.6 Å². The number of hydrogen-bond acceptors (Lipinski definition) is 4. The number of rotatable bonds is 1. The maximum atomic E-state index is 6.39.